The molecule has 7 heteroatoms. The fourth-order valence-electron chi connectivity index (χ4n) is 3.24. The van der Waals surface area contributed by atoms with E-state index in [0.717, 1.165) is 21.5 Å². The summed E-state index contributed by atoms with van der Waals surface area (Å²) < 4.78 is 28.7. The van der Waals surface area contributed by atoms with Gasteiger partial charge in [0.2, 0.25) is 10.0 Å². The van der Waals surface area contributed by atoms with Gasteiger partial charge in [-0.3, -0.25) is 0 Å². The van der Waals surface area contributed by atoms with Crippen molar-refractivity contribution in [1.29, 1.82) is 0 Å². The van der Waals surface area contributed by atoms with E-state index in [4.69, 9.17) is 0 Å². The Morgan fingerprint density at radius 1 is 1.04 bits per heavy atom. The Morgan fingerprint density at radius 3 is 2.56 bits per heavy atom. The molecule has 0 spiro atoms. The Kier molecular flexibility index (Phi) is 4.23. The molecule has 1 aliphatic rings. The number of benzene rings is 1. The molecular formula is C18H19N3O2S2. The number of sulfonamides is 1. The van der Waals surface area contributed by atoms with Crippen molar-refractivity contribution in [2.75, 3.05) is 31.1 Å². The van der Waals surface area contributed by atoms with Crippen LogP contribution in [0.3, 0.4) is 0 Å². The lowest BCUT2D eigenvalue weighted by atomic mass is 10.2. The van der Waals surface area contributed by atoms with Crippen LogP contribution in [0.4, 0.5) is 5.82 Å². The van der Waals surface area contributed by atoms with E-state index in [1.165, 1.54) is 11.3 Å². The highest BCUT2D eigenvalue weighted by Crippen LogP contribution is 2.32. The van der Waals surface area contributed by atoms with Crippen molar-refractivity contribution in [1.82, 2.24) is 9.29 Å². The molecule has 0 atom stereocenters. The van der Waals surface area contributed by atoms with Crippen LogP contribution in [0.2, 0.25) is 0 Å². The standard InChI is InChI=1S/C18H19N3O2S2/c1-14-5-4-8-19-18(14)20-9-11-21(12-10-20)25(22,23)17-13-24-16-7-3-2-6-15(16)17/h2-8,13H,9-12H2,1H3. The lowest BCUT2D eigenvalue weighted by Crippen LogP contribution is -2.49. The number of aryl methyl sites for hydroxylation is 1. The lowest BCUT2D eigenvalue weighted by Gasteiger charge is -2.35. The van der Waals surface area contributed by atoms with Gasteiger partial charge in [0.05, 0.1) is 0 Å². The van der Waals surface area contributed by atoms with Crippen LogP contribution in [0, 0.1) is 6.92 Å². The molecule has 0 aliphatic carbocycles. The summed E-state index contributed by atoms with van der Waals surface area (Å²) >= 11 is 1.48. The number of piperazine rings is 1. The Morgan fingerprint density at radius 2 is 1.80 bits per heavy atom. The summed E-state index contributed by atoms with van der Waals surface area (Å²) in [6.07, 6.45) is 1.78. The molecule has 1 aromatic carbocycles. The first-order chi connectivity index (χ1) is 12.1. The third-order valence-corrected chi connectivity index (χ3v) is 7.63. The Bertz CT molecular complexity index is 1010. The van der Waals surface area contributed by atoms with E-state index in [2.05, 4.69) is 9.88 Å². The van der Waals surface area contributed by atoms with Crippen molar-refractivity contribution >= 4 is 37.3 Å². The maximum absolute atomic E-state index is 13.1. The third kappa shape index (κ3) is 2.92. The van der Waals surface area contributed by atoms with Gasteiger partial charge in [-0.1, -0.05) is 24.3 Å². The summed E-state index contributed by atoms with van der Waals surface area (Å²) in [4.78, 5) is 7.03. The van der Waals surface area contributed by atoms with Crippen molar-refractivity contribution in [3.63, 3.8) is 0 Å². The highest BCUT2D eigenvalue weighted by molar-refractivity contribution is 7.89. The number of pyridine rings is 1. The molecule has 130 valence electrons. The number of nitrogens with zero attached hydrogens (tertiary/aromatic N) is 3. The topological polar surface area (TPSA) is 53.5 Å². The van der Waals surface area contributed by atoms with Crippen LogP contribution in [0.1, 0.15) is 5.56 Å². The largest absolute Gasteiger partial charge is 0.354 e. The van der Waals surface area contributed by atoms with Gasteiger partial charge in [0.15, 0.2) is 0 Å². The minimum atomic E-state index is -3.46. The van der Waals surface area contributed by atoms with Crippen LogP contribution >= 0.6 is 11.3 Å². The number of thiophene rings is 1. The summed E-state index contributed by atoms with van der Waals surface area (Å²) in [5.41, 5.74) is 1.11. The van der Waals surface area contributed by atoms with Crippen LogP contribution in [0.25, 0.3) is 10.1 Å². The lowest BCUT2D eigenvalue weighted by molar-refractivity contribution is 0.384. The fourth-order valence-corrected chi connectivity index (χ4v) is 6.14. The molecule has 1 aliphatic heterocycles. The van der Waals surface area contributed by atoms with E-state index in [0.29, 0.717) is 31.1 Å². The SMILES string of the molecule is Cc1cccnc1N1CCN(S(=O)(=O)c2csc3ccccc23)CC1. The average Bonchev–Trinajstić information content (AvgIpc) is 3.07. The first-order valence-corrected chi connectivity index (χ1v) is 10.5. The molecule has 5 nitrogen and oxygen atoms in total. The van der Waals surface area contributed by atoms with Gasteiger partial charge < -0.3 is 4.90 Å². The molecule has 3 heterocycles. The van der Waals surface area contributed by atoms with Crippen LogP contribution in [-0.2, 0) is 10.0 Å². The predicted molar refractivity (Wildman–Crippen MR) is 102 cm³/mol. The van der Waals surface area contributed by atoms with Crippen molar-refractivity contribution in [3.05, 3.63) is 53.5 Å². The number of hydrogen-bond acceptors (Lipinski definition) is 5. The van der Waals surface area contributed by atoms with Gasteiger partial charge in [0, 0.05) is 47.8 Å². The molecule has 0 saturated carbocycles. The highest BCUT2D eigenvalue weighted by atomic mass is 32.2. The number of aromatic nitrogens is 1. The molecule has 3 aromatic rings. The third-order valence-electron chi connectivity index (χ3n) is 4.58. The van der Waals surface area contributed by atoms with Gasteiger partial charge in [0.25, 0.3) is 0 Å². The molecular weight excluding hydrogens is 354 g/mol. The van der Waals surface area contributed by atoms with E-state index < -0.39 is 10.0 Å². The van der Waals surface area contributed by atoms with Crippen molar-refractivity contribution in [3.8, 4) is 0 Å². The van der Waals surface area contributed by atoms with Crippen LogP contribution < -0.4 is 4.90 Å². The summed E-state index contributed by atoms with van der Waals surface area (Å²) in [7, 11) is -3.46. The highest BCUT2D eigenvalue weighted by Gasteiger charge is 2.31. The summed E-state index contributed by atoms with van der Waals surface area (Å²) in [6.45, 7) is 4.28. The van der Waals surface area contributed by atoms with Crippen molar-refractivity contribution in [2.45, 2.75) is 11.8 Å². The second kappa shape index (κ2) is 6.40. The zero-order chi connectivity index (χ0) is 17.4. The molecule has 1 fully saturated rings. The van der Waals surface area contributed by atoms with E-state index in [-0.39, 0.29) is 0 Å². The van der Waals surface area contributed by atoms with Crippen LogP contribution in [-0.4, -0.2) is 43.9 Å². The van der Waals surface area contributed by atoms with Gasteiger partial charge >= 0.3 is 0 Å². The summed E-state index contributed by atoms with van der Waals surface area (Å²) in [5, 5.41) is 2.57. The maximum Gasteiger partial charge on any atom is 0.244 e. The van der Waals surface area contributed by atoms with Gasteiger partial charge in [-0.15, -0.1) is 11.3 Å². The molecule has 25 heavy (non-hydrogen) atoms. The first-order valence-electron chi connectivity index (χ1n) is 8.20. The van der Waals surface area contributed by atoms with Crippen LogP contribution in [0.5, 0.6) is 0 Å². The normalized spacial score (nSPS) is 16.4. The summed E-state index contributed by atoms with van der Waals surface area (Å²) in [6, 6.07) is 11.6. The Balaban J connectivity index is 1.57. The quantitative estimate of drug-likeness (QED) is 0.708. The van der Waals surface area contributed by atoms with Gasteiger partial charge in [-0.05, 0) is 24.6 Å². The smallest absolute Gasteiger partial charge is 0.244 e. The van der Waals surface area contributed by atoms with Gasteiger partial charge in [-0.25, -0.2) is 13.4 Å². The van der Waals surface area contributed by atoms with Crippen molar-refractivity contribution in [2.24, 2.45) is 0 Å². The second-order valence-electron chi connectivity index (χ2n) is 6.13. The molecule has 0 unspecified atom stereocenters. The number of fused-ring (bicyclic) bond motifs is 1. The van der Waals surface area contributed by atoms with E-state index in [9.17, 15) is 8.42 Å². The Hall–Kier alpha value is -1.96. The average molecular weight is 374 g/mol. The second-order valence-corrected chi connectivity index (χ2v) is 8.95. The zero-order valence-corrected chi connectivity index (χ0v) is 15.6. The van der Waals surface area contributed by atoms with E-state index in [1.807, 2.05) is 43.3 Å². The zero-order valence-electron chi connectivity index (χ0n) is 13.9. The molecule has 2 aromatic heterocycles. The van der Waals surface area contributed by atoms with Crippen LogP contribution in [0.15, 0.2) is 52.9 Å². The predicted octanol–water partition coefficient (Wildman–Crippen LogP) is 3.12. The number of rotatable bonds is 3. The monoisotopic (exact) mass is 373 g/mol. The maximum atomic E-state index is 13.1. The minimum absolute atomic E-state index is 0.426. The molecule has 4 rings (SSSR count). The van der Waals surface area contributed by atoms with E-state index in [1.54, 1.807) is 15.9 Å². The minimum Gasteiger partial charge on any atom is -0.354 e. The summed E-state index contributed by atoms with van der Waals surface area (Å²) in [5.74, 6) is 0.945. The number of hydrogen-bond donors (Lipinski definition) is 0. The van der Waals surface area contributed by atoms with Gasteiger partial charge in [-0.2, -0.15) is 4.31 Å². The molecule has 0 bridgehead atoms. The number of anilines is 1. The molecule has 0 amide bonds. The molecule has 1 saturated heterocycles. The molecule has 0 radical (unpaired) electrons. The fraction of sp³-hybridized carbons (Fsp3) is 0.278. The Labute approximate surface area is 151 Å². The first kappa shape index (κ1) is 16.5. The van der Waals surface area contributed by atoms with Crippen molar-refractivity contribution < 1.29 is 8.42 Å². The van der Waals surface area contributed by atoms with E-state index >= 15 is 0 Å². The van der Waals surface area contributed by atoms with Gasteiger partial charge in [0.1, 0.15) is 10.7 Å². The molecule has 0 N–H and O–H groups in total.